The predicted octanol–water partition coefficient (Wildman–Crippen LogP) is 1.42. The van der Waals surface area contributed by atoms with Gasteiger partial charge < -0.3 is 10.0 Å². The molecule has 1 aliphatic rings. The molecule has 14 heavy (non-hydrogen) atoms. The molecule has 1 N–H and O–H groups in total. The van der Waals surface area contributed by atoms with E-state index < -0.39 is 0 Å². The Morgan fingerprint density at radius 2 is 2.50 bits per heavy atom. The van der Waals surface area contributed by atoms with Crippen molar-refractivity contribution in [2.45, 2.75) is 20.0 Å². The van der Waals surface area contributed by atoms with E-state index in [1.807, 2.05) is 12.1 Å². The molecule has 1 aromatic rings. The van der Waals surface area contributed by atoms with Crippen LogP contribution in [0.3, 0.4) is 0 Å². The van der Waals surface area contributed by atoms with Crippen LogP contribution in [0.2, 0.25) is 0 Å². The van der Waals surface area contributed by atoms with E-state index in [1.54, 1.807) is 6.20 Å². The van der Waals surface area contributed by atoms with E-state index >= 15 is 0 Å². The number of anilines is 1. The summed E-state index contributed by atoms with van der Waals surface area (Å²) in [5.74, 6) is 1.76. The minimum absolute atomic E-state index is 0.0961. The fraction of sp³-hybridized carbons (Fsp3) is 0.545. The van der Waals surface area contributed by atoms with Gasteiger partial charge in [-0.1, -0.05) is 6.92 Å². The van der Waals surface area contributed by atoms with Crippen LogP contribution < -0.4 is 4.90 Å². The third-order valence-electron chi connectivity index (χ3n) is 2.74. The predicted molar refractivity (Wildman–Crippen MR) is 56.2 cm³/mol. The largest absolute Gasteiger partial charge is 0.392 e. The molecular weight excluding hydrogens is 176 g/mol. The number of rotatable bonds is 2. The summed E-state index contributed by atoms with van der Waals surface area (Å²) in [6, 6.07) is 3.82. The number of pyridine rings is 1. The first-order chi connectivity index (χ1) is 6.79. The summed E-state index contributed by atoms with van der Waals surface area (Å²) < 4.78 is 0. The third-order valence-corrected chi connectivity index (χ3v) is 2.74. The Morgan fingerprint density at radius 3 is 3.14 bits per heavy atom. The lowest BCUT2D eigenvalue weighted by Crippen LogP contribution is -2.20. The van der Waals surface area contributed by atoms with Crippen molar-refractivity contribution in [3.05, 3.63) is 23.9 Å². The first kappa shape index (κ1) is 9.46. The Labute approximate surface area is 84.4 Å². The second kappa shape index (κ2) is 3.96. The molecule has 3 heteroatoms. The first-order valence-corrected chi connectivity index (χ1v) is 5.10. The summed E-state index contributed by atoms with van der Waals surface area (Å²) in [4.78, 5) is 6.60. The minimum Gasteiger partial charge on any atom is -0.392 e. The van der Waals surface area contributed by atoms with Gasteiger partial charge in [-0.05, 0) is 30.0 Å². The van der Waals surface area contributed by atoms with Crippen molar-refractivity contribution in [3.8, 4) is 0 Å². The van der Waals surface area contributed by atoms with Crippen molar-refractivity contribution in [2.24, 2.45) is 5.92 Å². The summed E-state index contributed by atoms with van der Waals surface area (Å²) in [5, 5.41) is 9.01. The molecule has 1 saturated heterocycles. The third kappa shape index (κ3) is 1.87. The van der Waals surface area contributed by atoms with Gasteiger partial charge in [0.05, 0.1) is 6.61 Å². The zero-order valence-corrected chi connectivity index (χ0v) is 8.48. The van der Waals surface area contributed by atoms with Gasteiger partial charge >= 0.3 is 0 Å². The smallest absolute Gasteiger partial charge is 0.128 e. The molecule has 2 heterocycles. The summed E-state index contributed by atoms with van der Waals surface area (Å²) >= 11 is 0. The lowest BCUT2D eigenvalue weighted by molar-refractivity contribution is 0.281. The summed E-state index contributed by atoms with van der Waals surface area (Å²) in [6.07, 6.45) is 3.01. The lowest BCUT2D eigenvalue weighted by Gasteiger charge is -2.17. The van der Waals surface area contributed by atoms with Crippen LogP contribution in [0.4, 0.5) is 5.82 Å². The summed E-state index contributed by atoms with van der Waals surface area (Å²) in [6.45, 7) is 4.53. The molecule has 1 atom stereocenters. The molecule has 1 aromatic heterocycles. The molecular formula is C11H16N2O. The van der Waals surface area contributed by atoms with Crippen molar-refractivity contribution in [1.29, 1.82) is 0 Å². The molecule has 1 aliphatic heterocycles. The van der Waals surface area contributed by atoms with Crippen LogP contribution in [0.1, 0.15) is 18.9 Å². The van der Waals surface area contributed by atoms with Crippen molar-refractivity contribution < 1.29 is 5.11 Å². The van der Waals surface area contributed by atoms with E-state index in [0.29, 0.717) is 0 Å². The Kier molecular flexibility index (Phi) is 2.68. The molecule has 0 radical (unpaired) electrons. The zero-order chi connectivity index (χ0) is 9.97. The normalized spacial score (nSPS) is 21.6. The Balaban J connectivity index is 2.15. The Bertz CT molecular complexity index is 314. The van der Waals surface area contributed by atoms with Crippen LogP contribution in [-0.2, 0) is 6.61 Å². The van der Waals surface area contributed by atoms with Gasteiger partial charge in [0.15, 0.2) is 0 Å². The first-order valence-electron chi connectivity index (χ1n) is 5.10. The molecule has 0 saturated carbocycles. The average Bonchev–Trinajstić information content (AvgIpc) is 2.65. The van der Waals surface area contributed by atoms with E-state index in [2.05, 4.69) is 16.8 Å². The molecule has 0 spiro atoms. The number of hydrogen-bond acceptors (Lipinski definition) is 3. The average molecular weight is 192 g/mol. The highest BCUT2D eigenvalue weighted by atomic mass is 16.3. The minimum atomic E-state index is 0.0961. The van der Waals surface area contributed by atoms with E-state index in [9.17, 15) is 0 Å². The number of aromatic nitrogens is 1. The van der Waals surface area contributed by atoms with Gasteiger partial charge in [-0.2, -0.15) is 0 Å². The van der Waals surface area contributed by atoms with Crippen LogP contribution in [0.25, 0.3) is 0 Å². The standard InChI is InChI=1S/C11H16N2O/c1-9-3-5-13(7-9)11-6-10(8-14)2-4-12-11/h2,4,6,9,14H,3,5,7-8H2,1H3. The van der Waals surface area contributed by atoms with Crippen molar-refractivity contribution in [2.75, 3.05) is 18.0 Å². The summed E-state index contributed by atoms with van der Waals surface area (Å²) in [5.41, 5.74) is 0.939. The van der Waals surface area contributed by atoms with Crippen LogP contribution >= 0.6 is 0 Å². The number of hydrogen-bond donors (Lipinski definition) is 1. The van der Waals surface area contributed by atoms with Crippen LogP contribution in [0.5, 0.6) is 0 Å². The Hall–Kier alpha value is -1.09. The van der Waals surface area contributed by atoms with Crippen LogP contribution in [-0.4, -0.2) is 23.2 Å². The van der Waals surface area contributed by atoms with Gasteiger partial charge in [0, 0.05) is 19.3 Å². The second-order valence-electron chi connectivity index (χ2n) is 4.02. The maximum Gasteiger partial charge on any atom is 0.128 e. The van der Waals surface area contributed by atoms with Crippen LogP contribution in [0, 0.1) is 5.92 Å². The molecule has 2 rings (SSSR count). The molecule has 0 aliphatic carbocycles. The highest BCUT2D eigenvalue weighted by Gasteiger charge is 2.19. The lowest BCUT2D eigenvalue weighted by atomic mass is 10.2. The van der Waals surface area contributed by atoms with Gasteiger partial charge in [-0.3, -0.25) is 0 Å². The van der Waals surface area contributed by atoms with Crippen LogP contribution in [0.15, 0.2) is 18.3 Å². The number of aliphatic hydroxyl groups is 1. The van der Waals surface area contributed by atoms with Gasteiger partial charge in [-0.15, -0.1) is 0 Å². The molecule has 0 aromatic carbocycles. The number of aliphatic hydroxyl groups excluding tert-OH is 1. The van der Waals surface area contributed by atoms with Crippen molar-refractivity contribution in [1.82, 2.24) is 4.98 Å². The Morgan fingerprint density at radius 1 is 1.64 bits per heavy atom. The van der Waals surface area contributed by atoms with Gasteiger partial charge in [0.1, 0.15) is 5.82 Å². The van der Waals surface area contributed by atoms with Crippen molar-refractivity contribution >= 4 is 5.82 Å². The second-order valence-corrected chi connectivity index (χ2v) is 4.02. The maximum atomic E-state index is 9.01. The van der Waals surface area contributed by atoms with Crippen molar-refractivity contribution in [3.63, 3.8) is 0 Å². The quantitative estimate of drug-likeness (QED) is 0.770. The molecule has 1 unspecified atom stereocenters. The monoisotopic (exact) mass is 192 g/mol. The molecule has 76 valence electrons. The topological polar surface area (TPSA) is 36.4 Å². The van der Waals surface area contributed by atoms with Gasteiger partial charge in [0.25, 0.3) is 0 Å². The molecule has 0 bridgehead atoms. The van der Waals surface area contributed by atoms with E-state index in [4.69, 9.17) is 5.11 Å². The fourth-order valence-corrected chi connectivity index (χ4v) is 1.87. The molecule has 0 amide bonds. The highest BCUT2D eigenvalue weighted by Crippen LogP contribution is 2.21. The maximum absolute atomic E-state index is 9.01. The van der Waals surface area contributed by atoms with E-state index in [-0.39, 0.29) is 6.61 Å². The van der Waals surface area contributed by atoms with E-state index in [0.717, 1.165) is 30.4 Å². The highest BCUT2D eigenvalue weighted by molar-refractivity contribution is 5.41. The number of nitrogens with zero attached hydrogens (tertiary/aromatic N) is 2. The fourth-order valence-electron chi connectivity index (χ4n) is 1.87. The van der Waals surface area contributed by atoms with Gasteiger partial charge in [-0.25, -0.2) is 4.98 Å². The SMILES string of the molecule is CC1CCN(c2cc(CO)ccn2)C1. The summed E-state index contributed by atoms with van der Waals surface area (Å²) in [7, 11) is 0. The zero-order valence-electron chi connectivity index (χ0n) is 8.48. The van der Waals surface area contributed by atoms with Gasteiger partial charge in [0.2, 0.25) is 0 Å². The molecule has 3 nitrogen and oxygen atoms in total. The van der Waals surface area contributed by atoms with E-state index in [1.165, 1.54) is 6.42 Å². The molecule has 1 fully saturated rings.